The molecular formula is C25H30N4O5. The van der Waals surface area contributed by atoms with Gasteiger partial charge in [-0.2, -0.15) is 0 Å². The van der Waals surface area contributed by atoms with E-state index in [1.807, 2.05) is 41.0 Å². The first-order valence-electron chi connectivity index (χ1n) is 11.5. The van der Waals surface area contributed by atoms with Gasteiger partial charge < -0.3 is 19.4 Å². The zero-order chi connectivity index (χ0) is 24.2. The van der Waals surface area contributed by atoms with Gasteiger partial charge in [-0.05, 0) is 24.6 Å². The van der Waals surface area contributed by atoms with Crippen LogP contribution >= 0.6 is 0 Å². The Balaban J connectivity index is 1.46. The molecule has 4 rings (SSSR count). The van der Waals surface area contributed by atoms with Crippen LogP contribution in [0.4, 0.5) is 5.69 Å². The van der Waals surface area contributed by atoms with E-state index in [1.54, 1.807) is 36.8 Å². The number of anilines is 1. The second kappa shape index (κ2) is 10.1. The van der Waals surface area contributed by atoms with Crippen LogP contribution in [0.25, 0.3) is 11.1 Å². The molecule has 0 radical (unpaired) electrons. The van der Waals surface area contributed by atoms with Crippen LogP contribution in [-0.2, 0) is 16.1 Å². The maximum absolute atomic E-state index is 12.8. The van der Waals surface area contributed by atoms with E-state index < -0.39 is 5.76 Å². The Labute approximate surface area is 197 Å². The minimum atomic E-state index is -0.397. The molecule has 9 heteroatoms. The summed E-state index contributed by atoms with van der Waals surface area (Å²) in [4.78, 5) is 41.0. The van der Waals surface area contributed by atoms with Crippen molar-refractivity contribution in [1.29, 1.82) is 0 Å². The Bertz CT molecular complexity index is 1250. The quantitative estimate of drug-likeness (QED) is 0.575. The van der Waals surface area contributed by atoms with E-state index >= 15 is 0 Å². The lowest BCUT2D eigenvalue weighted by Crippen LogP contribution is -2.51. The molecule has 1 N–H and O–H groups in total. The largest absolute Gasteiger partial charge is 0.496 e. The number of rotatable bonds is 7. The summed E-state index contributed by atoms with van der Waals surface area (Å²) in [5.74, 6) is 0.135. The molecule has 180 valence electrons. The van der Waals surface area contributed by atoms with Gasteiger partial charge in [0.05, 0.1) is 25.2 Å². The standard InChI is InChI=1S/C25H30N4O5/c1-4-11-29-20-10-9-18(14-23(20)34-25(29)32)26-24(31)16-27-12-13-28(17(2)30)21(15-27)19-7-5-6-8-22(19)33-3/h5-10,14,21H,4,11-13,15-16H2,1-3H3,(H,26,31)/t21-/m0/s1. The van der Waals surface area contributed by atoms with Gasteiger partial charge in [-0.15, -0.1) is 0 Å². The van der Waals surface area contributed by atoms with Gasteiger partial charge in [0, 0.05) is 50.4 Å². The normalized spacial score (nSPS) is 16.6. The molecule has 9 nitrogen and oxygen atoms in total. The number of benzene rings is 2. The second-order valence-corrected chi connectivity index (χ2v) is 8.46. The van der Waals surface area contributed by atoms with E-state index in [0.717, 1.165) is 17.7 Å². The summed E-state index contributed by atoms with van der Waals surface area (Å²) in [5, 5.41) is 2.90. The number of amides is 2. The summed E-state index contributed by atoms with van der Waals surface area (Å²) in [5.41, 5.74) is 2.65. The Kier molecular flexibility index (Phi) is 7.02. The first-order chi connectivity index (χ1) is 16.4. The molecule has 2 amide bonds. The number of hydrogen-bond acceptors (Lipinski definition) is 6. The number of piperazine rings is 1. The van der Waals surface area contributed by atoms with E-state index in [4.69, 9.17) is 9.15 Å². The minimum Gasteiger partial charge on any atom is -0.496 e. The number of para-hydroxylation sites is 1. The number of aryl methyl sites for hydroxylation is 1. The zero-order valence-corrected chi connectivity index (χ0v) is 19.7. The number of carbonyl (C=O) groups is 2. The zero-order valence-electron chi connectivity index (χ0n) is 19.7. The second-order valence-electron chi connectivity index (χ2n) is 8.46. The summed E-state index contributed by atoms with van der Waals surface area (Å²) >= 11 is 0. The Morgan fingerprint density at radius 2 is 1.97 bits per heavy atom. The predicted octanol–water partition coefficient (Wildman–Crippen LogP) is 2.86. The molecule has 0 spiro atoms. The fourth-order valence-electron chi connectivity index (χ4n) is 4.55. The van der Waals surface area contributed by atoms with Crippen LogP contribution in [0.1, 0.15) is 31.9 Å². The lowest BCUT2D eigenvalue weighted by molar-refractivity contribution is -0.134. The molecule has 0 unspecified atom stereocenters. The lowest BCUT2D eigenvalue weighted by atomic mass is 10.0. The van der Waals surface area contributed by atoms with Gasteiger partial charge in [-0.3, -0.25) is 19.1 Å². The average Bonchev–Trinajstić information content (AvgIpc) is 3.13. The number of ether oxygens (including phenoxy) is 1. The van der Waals surface area contributed by atoms with E-state index in [-0.39, 0.29) is 24.4 Å². The number of aromatic nitrogens is 1. The van der Waals surface area contributed by atoms with E-state index in [1.165, 1.54) is 0 Å². The van der Waals surface area contributed by atoms with Crippen LogP contribution in [0, 0.1) is 0 Å². The number of nitrogens with one attached hydrogen (secondary N) is 1. The fourth-order valence-corrected chi connectivity index (χ4v) is 4.55. The Morgan fingerprint density at radius 3 is 2.71 bits per heavy atom. The maximum atomic E-state index is 12.8. The Hall–Kier alpha value is -3.59. The lowest BCUT2D eigenvalue weighted by Gasteiger charge is -2.41. The third kappa shape index (κ3) is 4.84. The highest BCUT2D eigenvalue weighted by Gasteiger charge is 2.32. The number of nitrogens with zero attached hydrogens (tertiary/aromatic N) is 3. The van der Waals surface area contributed by atoms with Crippen LogP contribution in [0.5, 0.6) is 5.75 Å². The fraction of sp³-hybridized carbons (Fsp3) is 0.400. The molecule has 1 aliphatic heterocycles. The predicted molar refractivity (Wildman–Crippen MR) is 129 cm³/mol. The van der Waals surface area contributed by atoms with Crippen molar-refractivity contribution in [3.63, 3.8) is 0 Å². The van der Waals surface area contributed by atoms with Crippen molar-refractivity contribution in [3.05, 3.63) is 58.6 Å². The van der Waals surface area contributed by atoms with Crippen LogP contribution in [0.2, 0.25) is 0 Å². The SMILES string of the molecule is CCCn1c(=O)oc2cc(NC(=O)CN3CCN(C(C)=O)[C@H](c4ccccc4OC)C3)ccc21. The van der Waals surface area contributed by atoms with Crippen LogP contribution in [-0.4, -0.2) is 59.5 Å². The van der Waals surface area contributed by atoms with Crippen molar-refractivity contribution in [2.75, 3.05) is 38.6 Å². The van der Waals surface area contributed by atoms with Gasteiger partial charge in [0.15, 0.2) is 5.58 Å². The molecule has 1 atom stereocenters. The molecule has 34 heavy (non-hydrogen) atoms. The van der Waals surface area contributed by atoms with E-state index in [2.05, 4.69) is 5.32 Å². The summed E-state index contributed by atoms with van der Waals surface area (Å²) in [6.07, 6.45) is 0.819. The highest BCUT2D eigenvalue weighted by molar-refractivity contribution is 5.94. The molecule has 1 fully saturated rings. The van der Waals surface area contributed by atoms with Gasteiger partial charge in [0.25, 0.3) is 0 Å². The highest BCUT2D eigenvalue weighted by atomic mass is 16.5. The molecule has 0 aliphatic carbocycles. The van der Waals surface area contributed by atoms with Crippen molar-refractivity contribution in [2.45, 2.75) is 32.9 Å². The molecule has 2 aromatic carbocycles. The number of fused-ring (bicyclic) bond motifs is 1. The first-order valence-corrected chi connectivity index (χ1v) is 11.5. The molecule has 1 aliphatic rings. The van der Waals surface area contributed by atoms with Crippen molar-refractivity contribution < 1.29 is 18.7 Å². The van der Waals surface area contributed by atoms with Gasteiger partial charge in [0.1, 0.15) is 5.75 Å². The van der Waals surface area contributed by atoms with Gasteiger partial charge in [-0.1, -0.05) is 25.1 Å². The van der Waals surface area contributed by atoms with E-state index in [0.29, 0.717) is 43.0 Å². The Morgan fingerprint density at radius 1 is 1.18 bits per heavy atom. The third-order valence-electron chi connectivity index (χ3n) is 6.13. The van der Waals surface area contributed by atoms with Gasteiger partial charge in [0.2, 0.25) is 11.8 Å². The molecule has 1 saturated heterocycles. The van der Waals surface area contributed by atoms with Crippen LogP contribution in [0.3, 0.4) is 0 Å². The van der Waals surface area contributed by atoms with Crippen molar-refractivity contribution in [1.82, 2.24) is 14.4 Å². The molecule has 0 bridgehead atoms. The van der Waals surface area contributed by atoms with Crippen LogP contribution in [0.15, 0.2) is 51.7 Å². The van der Waals surface area contributed by atoms with Crippen molar-refractivity contribution in [2.24, 2.45) is 0 Å². The smallest absolute Gasteiger partial charge is 0.419 e. The molecule has 2 heterocycles. The highest BCUT2D eigenvalue weighted by Crippen LogP contribution is 2.32. The average molecular weight is 467 g/mol. The molecular weight excluding hydrogens is 436 g/mol. The molecule has 3 aromatic rings. The number of oxazole rings is 1. The monoisotopic (exact) mass is 466 g/mol. The third-order valence-corrected chi connectivity index (χ3v) is 6.13. The molecule has 1 aromatic heterocycles. The van der Waals surface area contributed by atoms with Crippen molar-refractivity contribution >= 4 is 28.6 Å². The van der Waals surface area contributed by atoms with Crippen molar-refractivity contribution in [3.8, 4) is 5.75 Å². The summed E-state index contributed by atoms with van der Waals surface area (Å²) in [6.45, 7) is 5.94. The number of carbonyl (C=O) groups excluding carboxylic acids is 2. The summed E-state index contributed by atoms with van der Waals surface area (Å²) in [7, 11) is 1.61. The first kappa shape index (κ1) is 23.6. The summed E-state index contributed by atoms with van der Waals surface area (Å²) < 4.78 is 12.4. The van der Waals surface area contributed by atoms with Gasteiger partial charge in [-0.25, -0.2) is 4.79 Å². The minimum absolute atomic E-state index is 0.00943. The van der Waals surface area contributed by atoms with Gasteiger partial charge >= 0.3 is 5.76 Å². The number of methoxy groups -OCH3 is 1. The maximum Gasteiger partial charge on any atom is 0.419 e. The summed E-state index contributed by atoms with van der Waals surface area (Å²) in [6, 6.07) is 12.7. The number of hydrogen-bond donors (Lipinski definition) is 1. The topological polar surface area (TPSA) is 97.0 Å². The molecule has 0 saturated carbocycles. The van der Waals surface area contributed by atoms with Crippen LogP contribution < -0.4 is 15.8 Å². The van der Waals surface area contributed by atoms with E-state index in [9.17, 15) is 14.4 Å².